The number of ether oxygens (including phenoxy) is 1. The summed E-state index contributed by atoms with van der Waals surface area (Å²) in [5, 5.41) is 27.0. The Bertz CT molecular complexity index is 1100. The summed E-state index contributed by atoms with van der Waals surface area (Å²) in [6.45, 7) is 6.43. The first-order valence-corrected chi connectivity index (χ1v) is 12.0. The van der Waals surface area contributed by atoms with Crippen LogP contribution in [0.3, 0.4) is 0 Å². The number of aromatic hydroxyl groups is 1. The lowest BCUT2D eigenvalue weighted by Crippen LogP contribution is -2.55. The van der Waals surface area contributed by atoms with Crippen molar-refractivity contribution >= 4 is 35.5 Å². The zero-order valence-corrected chi connectivity index (χ0v) is 21.8. The third-order valence-corrected chi connectivity index (χ3v) is 5.36. The minimum atomic E-state index is -1.24. The largest absolute Gasteiger partial charge is 0.508 e. The van der Waals surface area contributed by atoms with E-state index in [4.69, 9.17) is 16.3 Å². The van der Waals surface area contributed by atoms with Gasteiger partial charge >= 0.3 is 12.1 Å². The normalized spacial score (nSPS) is 13.5. The second-order valence-electron chi connectivity index (χ2n) is 9.53. The quantitative estimate of drug-likeness (QED) is 0.314. The molecule has 0 bridgehead atoms. The summed E-state index contributed by atoms with van der Waals surface area (Å²) in [4.78, 5) is 49.8. The van der Waals surface area contributed by atoms with E-state index in [-0.39, 0.29) is 18.6 Å². The molecule has 200 valence electrons. The van der Waals surface area contributed by atoms with E-state index in [0.29, 0.717) is 16.1 Å². The Labute approximate surface area is 220 Å². The highest BCUT2D eigenvalue weighted by atomic mass is 35.5. The maximum absolute atomic E-state index is 13.0. The van der Waals surface area contributed by atoms with Crippen LogP contribution in [-0.2, 0) is 32.0 Å². The van der Waals surface area contributed by atoms with E-state index in [1.807, 2.05) is 0 Å². The fraction of sp³-hybridized carbons (Fsp3) is 0.385. The number of carboxylic acids is 1. The van der Waals surface area contributed by atoms with Gasteiger partial charge < -0.3 is 30.9 Å². The predicted molar refractivity (Wildman–Crippen MR) is 137 cm³/mol. The van der Waals surface area contributed by atoms with Crippen molar-refractivity contribution in [2.24, 2.45) is 0 Å². The Balaban J connectivity index is 2.08. The number of halogens is 1. The van der Waals surface area contributed by atoms with E-state index >= 15 is 0 Å². The number of hydrogen-bond acceptors (Lipinski definition) is 6. The van der Waals surface area contributed by atoms with Crippen molar-refractivity contribution in [3.8, 4) is 5.75 Å². The van der Waals surface area contributed by atoms with Gasteiger partial charge in [-0.1, -0.05) is 35.9 Å². The zero-order chi connectivity index (χ0) is 27.8. The maximum atomic E-state index is 13.0. The second kappa shape index (κ2) is 13.0. The maximum Gasteiger partial charge on any atom is 0.408 e. The molecule has 37 heavy (non-hydrogen) atoms. The molecule has 2 rings (SSSR count). The number of alkyl carbamates (subject to hydrolysis) is 1. The Morgan fingerprint density at radius 3 is 1.86 bits per heavy atom. The third kappa shape index (κ3) is 10.4. The number of carbonyl (C=O) groups is 4. The average Bonchev–Trinajstić information content (AvgIpc) is 2.79. The molecule has 2 aromatic carbocycles. The van der Waals surface area contributed by atoms with Gasteiger partial charge in [0, 0.05) is 17.9 Å². The van der Waals surface area contributed by atoms with Crippen molar-refractivity contribution in [1.29, 1.82) is 0 Å². The van der Waals surface area contributed by atoms with Crippen LogP contribution in [0.25, 0.3) is 0 Å². The van der Waals surface area contributed by atoms with Crippen molar-refractivity contribution in [3.05, 3.63) is 64.7 Å². The van der Waals surface area contributed by atoms with Crippen molar-refractivity contribution in [2.45, 2.75) is 64.3 Å². The molecule has 0 saturated heterocycles. The van der Waals surface area contributed by atoms with Crippen molar-refractivity contribution in [2.75, 3.05) is 0 Å². The molecule has 0 heterocycles. The summed E-state index contributed by atoms with van der Waals surface area (Å²) in [6.07, 6.45) is -0.756. The monoisotopic (exact) mass is 533 g/mol. The molecule has 0 aliphatic rings. The molecule has 0 fully saturated rings. The van der Waals surface area contributed by atoms with Gasteiger partial charge in [0.2, 0.25) is 11.8 Å². The number of phenolic OH excluding ortho intramolecular Hbond substituents is 1. The molecule has 3 atom stereocenters. The summed E-state index contributed by atoms with van der Waals surface area (Å²) in [6, 6.07) is 9.17. The number of nitrogens with one attached hydrogen (secondary N) is 3. The number of rotatable bonds is 10. The molecule has 2 aromatic rings. The lowest BCUT2D eigenvalue weighted by atomic mass is 10.0. The summed E-state index contributed by atoms with van der Waals surface area (Å²) < 4.78 is 5.25. The molecule has 10 nitrogen and oxygen atoms in total. The van der Waals surface area contributed by atoms with E-state index in [1.54, 1.807) is 57.2 Å². The van der Waals surface area contributed by atoms with Gasteiger partial charge in [0.15, 0.2) is 0 Å². The highest BCUT2D eigenvalue weighted by Gasteiger charge is 2.29. The van der Waals surface area contributed by atoms with Crippen LogP contribution in [-0.4, -0.2) is 57.8 Å². The predicted octanol–water partition coefficient (Wildman–Crippen LogP) is 2.80. The van der Waals surface area contributed by atoms with Gasteiger partial charge in [-0.15, -0.1) is 0 Å². The lowest BCUT2D eigenvalue weighted by molar-refractivity contribution is -0.142. The van der Waals surface area contributed by atoms with Gasteiger partial charge in [-0.2, -0.15) is 0 Å². The Hall–Kier alpha value is -3.79. The fourth-order valence-corrected chi connectivity index (χ4v) is 3.39. The number of carboxylic acid groups (broad SMARTS) is 1. The first-order chi connectivity index (χ1) is 17.2. The highest BCUT2D eigenvalue weighted by Crippen LogP contribution is 2.14. The summed E-state index contributed by atoms with van der Waals surface area (Å²) >= 11 is 5.86. The Kier molecular flexibility index (Phi) is 10.3. The molecule has 5 N–H and O–H groups in total. The number of benzene rings is 2. The smallest absolute Gasteiger partial charge is 0.408 e. The lowest BCUT2D eigenvalue weighted by Gasteiger charge is -2.25. The molecule has 3 amide bonds. The van der Waals surface area contributed by atoms with E-state index in [9.17, 15) is 29.4 Å². The standard InChI is InChI=1S/C26H32ClN3O7/c1-15(22(32)29-21(24(34)35)14-16-5-9-18(27)10-6-16)28-23(33)20(30-25(36)37-26(2,3)4)13-17-7-11-19(31)12-8-17/h5-12,15,20-21,31H,13-14H2,1-4H3,(H,28,33)(H,29,32)(H,30,36)(H,34,35)/t15-,20+,21+/m1/s1. The summed E-state index contributed by atoms with van der Waals surface area (Å²) in [5.74, 6) is -2.58. The van der Waals surface area contributed by atoms with Crippen LogP contribution in [0, 0.1) is 0 Å². The number of hydrogen-bond donors (Lipinski definition) is 5. The highest BCUT2D eigenvalue weighted by molar-refractivity contribution is 6.30. The van der Waals surface area contributed by atoms with Gasteiger partial charge in [-0.3, -0.25) is 9.59 Å². The summed E-state index contributed by atoms with van der Waals surface area (Å²) in [5.41, 5.74) is 0.497. The molecule has 0 unspecified atom stereocenters. The molecular weight excluding hydrogens is 502 g/mol. The SMILES string of the molecule is C[C@@H](NC(=O)[C@H](Cc1ccc(O)cc1)NC(=O)OC(C)(C)C)C(=O)N[C@@H](Cc1ccc(Cl)cc1)C(=O)O. The average molecular weight is 534 g/mol. The van der Waals surface area contributed by atoms with E-state index in [1.165, 1.54) is 19.1 Å². The Morgan fingerprint density at radius 1 is 0.838 bits per heavy atom. The third-order valence-electron chi connectivity index (χ3n) is 5.10. The molecule has 0 aromatic heterocycles. The Morgan fingerprint density at radius 2 is 1.35 bits per heavy atom. The van der Waals surface area contributed by atoms with Gasteiger partial charge in [0.1, 0.15) is 29.5 Å². The summed E-state index contributed by atoms with van der Waals surface area (Å²) in [7, 11) is 0. The van der Waals surface area contributed by atoms with E-state index in [0.717, 1.165) is 0 Å². The van der Waals surface area contributed by atoms with Crippen molar-refractivity contribution in [3.63, 3.8) is 0 Å². The van der Waals surface area contributed by atoms with E-state index in [2.05, 4.69) is 16.0 Å². The van der Waals surface area contributed by atoms with Crippen LogP contribution in [0.5, 0.6) is 5.75 Å². The van der Waals surface area contributed by atoms with Crippen molar-refractivity contribution in [1.82, 2.24) is 16.0 Å². The van der Waals surface area contributed by atoms with Crippen molar-refractivity contribution < 1.29 is 34.1 Å². The topological polar surface area (TPSA) is 154 Å². The number of aliphatic carboxylic acids is 1. The first-order valence-electron chi connectivity index (χ1n) is 11.6. The molecule has 0 saturated carbocycles. The number of carbonyl (C=O) groups excluding carboxylic acids is 3. The fourth-order valence-electron chi connectivity index (χ4n) is 3.26. The number of phenols is 1. The minimum Gasteiger partial charge on any atom is -0.508 e. The van der Waals surface area contributed by atoms with Crippen LogP contribution < -0.4 is 16.0 Å². The van der Waals surface area contributed by atoms with Gasteiger partial charge in [0.25, 0.3) is 0 Å². The molecule has 0 aliphatic carbocycles. The number of amides is 3. The van der Waals surface area contributed by atoms with Crippen LogP contribution in [0.15, 0.2) is 48.5 Å². The first kappa shape index (κ1) is 29.4. The van der Waals surface area contributed by atoms with E-state index < -0.39 is 47.6 Å². The second-order valence-corrected chi connectivity index (χ2v) is 9.97. The molecular formula is C26H32ClN3O7. The molecule has 0 radical (unpaired) electrons. The van der Waals surface area contributed by atoms with Crippen LogP contribution in [0.1, 0.15) is 38.8 Å². The molecule has 0 spiro atoms. The molecule has 0 aliphatic heterocycles. The van der Waals surface area contributed by atoms with Gasteiger partial charge in [0.05, 0.1) is 0 Å². The minimum absolute atomic E-state index is 0.0165. The molecule has 11 heteroatoms. The van der Waals surface area contributed by atoms with Gasteiger partial charge in [-0.05, 0) is 63.1 Å². The van der Waals surface area contributed by atoms with Gasteiger partial charge in [-0.25, -0.2) is 9.59 Å². The van der Waals surface area contributed by atoms with Crippen LogP contribution in [0.2, 0.25) is 5.02 Å². The zero-order valence-electron chi connectivity index (χ0n) is 21.1. The van der Waals surface area contributed by atoms with Crippen LogP contribution >= 0.6 is 11.6 Å². The van der Waals surface area contributed by atoms with Crippen LogP contribution in [0.4, 0.5) is 4.79 Å².